The van der Waals surface area contributed by atoms with Gasteiger partial charge in [-0.25, -0.2) is 0 Å². The van der Waals surface area contributed by atoms with Gasteiger partial charge in [-0.2, -0.15) is 0 Å². The molecule has 1 saturated heterocycles. The summed E-state index contributed by atoms with van der Waals surface area (Å²) in [5, 5.41) is 3.46. The summed E-state index contributed by atoms with van der Waals surface area (Å²) in [5.41, 5.74) is 1.49. The van der Waals surface area contributed by atoms with Gasteiger partial charge in [-0.15, -0.1) is 0 Å². The molecule has 1 saturated carbocycles. The van der Waals surface area contributed by atoms with Gasteiger partial charge in [0.2, 0.25) is 0 Å². The van der Waals surface area contributed by atoms with Crippen LogP contribution in [0.4, 0.5) is 0 Å². The maximum absolute atomic E-state index is 5.76. The molecule has 0 radical (unpaired) electrons. The second kappa shape index (κ2) is 6.80. The Morgan fingerprint density at radius 1 is 1.10 bits per heavy atom. The van der Waals surface area contributed by atoms with Gasteiger partial charge in [0.1, 0.15) is 5.75 Å². The number of hydrogen-bond donors (Lipinski definition) is 1. The molecule has 0 aromatic heterocycles. The van der Waals surface area contributed by atoms with Crippen molar-refractivity contribution in [2.75, 3.05) is 26.2 Å². The zero-order chi connectivity index (χ0) is 14.7. The summed E-state index contributed by atoms with van der Waals surface area (Å²) in [6.45, 7) is 8.84. The minimum atomic E-state index is 0.246. The van der Waals surface area contributed by atoms with Crippen molar-refractivity contribution in [3.8, 4) is 5.75 Å². The van der Waals surface area contributed by atoms with Crippen LogP contribution in [0.2, 0.25) is 0 Å². The van der Waals surface area contributed by atoms with Crippen LogP contribution in [0.25, 0.3) is 0 Å². The van der Waals surface area contributed by atoms with Crippen molar-refractivity contribution < 1.29 is 4.74 Å². The maximum Gasteiger partial charge on any atom is 0.119 e. The third-order valence-electron chi connectivity index (χ3n) is 4.78. The summed E-state index contributed by atoms with van der Waals surface area (Å²) in [6, 6.07) is 9.58. The van der Waals surface area contributed by atoms with Gasteiger partial charge in [-0.05, 0) is 50.3 Å². The minimum Gasteiger partial charge on any atom is -0.491 e. The molecule has 0 amide bonds. The highest BCUT2D eigenvalue weighted by Crippen LogP contribution is 2.38. The molecule has 3 heteroatoms. The van der Waals surface area contributed by atoms with Gasteiger partial charge in [0.05, 0.1) is 6.10 Å². The van der Waals surface area contributed by atoms with Crippen LogP contribution < -0.4 is 10.1 Å². The van der Waals surface area contributed by atoms with E-state index in [-0.39, 0.29) is 6.10 Å². The molecule has 1 aromatic carbocycles. The highest BCUT2D eigenvalue weighted by molar-refractivity contribution is 5.31. The number of piperazine rings is 1. The molecule has 1 aliphatic heterocycles. The Bertz CT molecular complexity index is 437. The van der Waals surface area contributed by atoms with Crippen molar-refractivity contribution in [2.45, 2.75) is 51.2 Å². The van der Waals surface area contributed by atoms with Gasteiger partial charge in [-0.1, -0.05) is 18.6 Å². The van der Waals surface area contributed by atoms with E-state index in [4.69, 9.17) is 4.74 Å². The topological polar surface area (TPSA) is 24.5 Å². The van der Waals surface area contributed by atoms with Gasteiger partial charge in [-0.3, -0.25) is 4.90 Å². The Hall–Kier alpha value is -1.06. The first-order valence-corrected chi connectivity index (χ1v) is 8.45. The molecule has 2 fully saturated rings. The lowest BCUT2D eigenvalue weighted by molar-refractivity contribution is 0.163. The second-order valence-electron chi connectivity index (χ2n) is 6.63. The molecule has 0 unspecified atom stereocenters. The molecular formula is C18H28N2O. The Morgan fingerprint density at radius 2 is 1.81 bits per heavy atom. The summed E-state index contributed by atoms with van der Waals surface area (Å²) < 4.78 is 5.76. The summed E-state index contributed by atoms with van der Waals surface area (Å²) in [5.74, 6) is 1.70. The summed E-state index contributed by atoms with van der Waals surface area (Å²) in [6.07, 6.45) is 4.30. The van der Waals surface area contributed by atoms with Crippen LogP contribution in [0.3, 0.4) is 0 Å². The number of rotatable bonds is 4. The highest BCUT2D eigenvalue weighted by atomic mass is 16.5. The van der Waals surface area contributed by atoms with Crippen molar-refractivity contribution in [3.05, 3.63) is 29.8 Å². The molecule has 3 nitrogen and oxygen atoms in total. The first kappa shape index (κ1) is 14.9. The van der Waals surface area contributed by atoms with Crippen LogP contribution in [-0.2, 0) is 0 Å². The molecule has 1 aliphatic carbocycles. The fourth-order valence-corrected chi connectivity index (χ4v) is 3.85. The SMILES string of the molecule is CC(C)Oc1ccc([C@H]2CCC[C@@H]2N2CCNCC2)cc1. The molecule has 0 spiro atoms. The van der Waals surface area contributed by atoms with Crippen LogP contribution in [0.5, 0.6) is 5.75 Å². The van der Waals surface area contributed by atoms with E-state index in [1.165, 1.54) is 37.9 Å². The summed E-state index contributed by atoms with van der Waals surface area (Å²) in [7, 11) is 0. The Balaban J connectivity index is 1.69. The zero-order valence-electron chi connectivity index (χ0n) is 13.3. The van der Waals surface area contributed by atoms with Gasteiger partial charge < -0.3 is 10.1 Å². The minimum absolute atomic E-state index is 0.246. The van der Waals surface area contributed by atoms with Crippen molar-refractivity contribution in [2.24, 2.45) is 0 Å². The third-order valence-corrected chi connectivity index (χ3v) is 4.78. The van der Waals surface area contributed by atoms with E-state index in [2.05, 4.69) is 48.3 Å². The smallest absolute Gasteiger partial charge is 0.119 e. The number of hydrogen-bond acceptors (Lipinski definition) is 3. The summed E-state index contributed by atoms with van der Waals surface area (Å²) >= 11 is 0. The molecule has 116 valence electrons. The van der Waals surface area contributed by atoms with Crippen LogP contribution in [0, 0.1) is 0 Å². The molecular weight excluding hydrogens is 260 g/mol. The predicted octanol–water partition coefficient (Wildman–Crippen LogP) is 3.02. The predicted molar refractivity (Wildman–Crippen MR) is 87.0 cm³/mol. The third kappa shape index (κ3) is 3.58. The van der Waals surface area contributed by atoms with Crippen LogP contribution in [-0.4, -0.2) is 43.2 Å². The lowest BCUT2D eigenvalue weighted by Gasteiger charge is -2.36. The van der Waals surface area contributed by atoms with E-state index in [1.54, 1.807) is 0 Å². The van der Waals surface area contributed by atoms with Crippen LogP contribution >= 0.6 is 0 Å². The number of nitrogens with zero attached hydrogens (tertiary/aromatic N) is 1. The zero-order valence-corrected chi connectivity index (χ0v) is 13.3. The normalized spacial score (nSPS) is 27.2. The van der Waals surface area contributed by atoms with E-state index in [9.17, 15) is 0 Å². The van der Waals surface area contributed by atoms with Crippen LogP contribution in [0.1, 0.15) is 44.6 Å². The number of nitrogens with one attached hydrogen (secondary N) is 1. The Kier molecular flexibility index (Phi) is 4.81. The molecule has 2 atom stereocenters. The van der Waals surface area contributed by atoms with Gasteiger partial charge in [0.15, 0.2) is 0 Å². The largest absolute Gasteiger partial charge is 0.491 e. The number of benzene rings is 1. The Morgan fingerprint density at radius 3 is 2.48 bits per heavy atom. The first-order valence-electron chi connectivity index (χ1n) is 8.45. The fourth-order valence-electron chi connectivity index (χ4n) is 3.85. The molecule has 1 heterocycles. The average molecular weight is 288 g/mol. The summed E-state index contributed by atoms with van der Waals surface area (Å²) in [4.78, 5) is 2.70. The molecule has 3 rings (SSSR count). The fraction of sp³-hybridized carbons (Fsp3) is 0.667. The lowest BCUT2D eigenvalue weighted by Crippen LogP contribution is -2.49. The van der Waals surface area contributed by atoms with E-state index < -0.39 is 0 Å². The van der Waals surface area contributed by atoms with Crippen molar-refractivity contribution in [3.63, 3.8) is 0 Å². The van der Waals surface area contributed by atoms with Crippen molar-refractivity contribution >= 4 is 0 Å². The quantitative estimate of drug-likeness (QED) is 0.922. The van der Waals surface area contributed by atoms with Crippen molar-refractivity contribution in [1.82, 2.24) is 10.2 Å². The van der Waals surface area contributed by atoms with Gasteiger partial charge >= 0.3 is 0 Å². The molecule has 0 bridgehead atoms. The van der Waals surface area contributed by atoms with E-state index in [0.29, 0.717) is 5.92 Å². The standard InChI is InChI=1S/C18H28N2O/c1-14(2)21-16-8-6-15(7-9-16)17-4-3-5-18(17)20-12-10-19-11-13-20/h6-9,14,17-19H,3-5,10-13H2,1-2H3/t17-,18+/m1/s1. The van der Waals surface area contributed by atoms with E-state index in [0.717, 1.165) is 24.9 Å². The van der Waals surface area contributed by atoms with Crippen LogP contribution in [0.15, 0.2) is 24.3 Å². The molecule has 1 N–H and O–H groups in total. The average Bonchev–Trinajstić information content (AvgIpc) is 2.98. The molecule has 1 aromatic rings. The van der Waals surface area contributed by atoms with E-state index >= 15 is 0 Å². The highest BCUT2D eigenvalue weighted by Gasteiger charge is 2.33. The molecule has 2 aliphatic rings. The molecule has 21 heavy (non-hydrogen) atoms. The number of ether oxygens (including phenoxy) is 1. The first-order chi connectivity index (χ1) is 10.2. The van der Waals surface area contributed by atoms with Crippen molar-refractivity contribution in [1.29, 1.82) is 0 Å². The van der Waals surface area contributed by atoms with E-state index in [1.807, 2.05) is 0 Å². The monoisotopic (exact) mass is 288 g/mol. The Labute approximate surface area is 128 Å². The maximum atomic E-state index is 5.76. The second-order valence-corrected chi connectivity index (χ2v) is 6.63. The van der Waals surface area contributed by atoms with Gasteiger partial charge in [0, 0.05) is 32.2 Å². The van der Waals surface area contributed by atoms with Gasteiger partial charge in [0.25, 0.3) is 0 Å². The lowest BCUT2D eigenvalue weighted by atomic mass is 9.92.